The largest absolute Gasteiger partial charge is 0.391 e. The fourth-order valence-electron chi connectivity index (χ4n) is 1.92. The van der Waals surface area contributed by atoms with Gasteiger partial charge in [-0.1, -0.05) is 50.1 Å². The van der Waals surface area contributed by atoms with E-state index in [-0.39, 0.29) is 11.9 Å². The summed E-state index contributed by atoms with van der Waals surface area (Å²) >= 11 is 0. The molecule has 4 heteroatoms. The highest BCUT2D eigenvalue weighted by Crippen LogP contribution is 2.06. The Morgan fingerprint density at radius 3 is 2.75 bits per heavy atom. The molecule has 0 spiro atoms. The van der Waals surface area contributed by atoms with Gasteiger partial charge in [0, 0.05) is 13.1 Å². The summed E-state index contributed by atoms with van der Waals surface area (Å²) < 4.78 is 0. The number of hydrogen-bond donors (Lipinski definition) is 3. The van der Waals surface area contributed by atoms with Gasteiger partial charge >= 0.3 is 6.03 Å². The normalized spacial score (nSPS) is 13.6. The smallest absolute Gasteiger partial charge is 0.314 e. The van der Waals surface area contributed by atoms with Gasteiger partial charge in [-0.3, -0.25) is 0 Å². The van der Waals surface area contributed by atoms with Gasteiger partial charge in [-0.15, -0.1) is 0 Å². The first-order chi connectivity index (χ1) is 9.52. The Bertz CT molecular complexity index is 421. The van der Waals surface area contributed by atoms with Crippen molar-refractivity contribution < 1.29 is 9.90 Å². The van der Waals surface area contributed by atoms with E-state index in [1.54, 1.807) is 0 Å². The Morgan fingerprint density at radius 2 is 2.10 bits per heavy atom. The number of carbonyl (C=O) groups excluding carboxylic acids is 1. The van der Waals surface area contributed by atoms with E-state index in [1.165, 1.54) is 11.1 Å². The van der Waals surface area contributed by atoms with Crippen LogP contribution in [0, 0.1) is 12.8 Å². The van der Waals surface area contributed by atoms with Crippen molar-refractivity contribution in [2.24, 2.45) is 5.92 Å². The van der Waals surface area contributed by atoms with E-state index in [0.717, 1.165) is 12.8 Å². The van der Waals surface area contributed by atoms with Crippen molar-refractivity contribution in [2.75, 3.05) is 13.1 Å². The number of aliphatic hydroxyl groups is 1. The summed E-state index contributed by atoms with van der Waals surface area (Å²) in [5, 5.41) is 15.3. The van der Waals surface area contributed by atoms with Gasteiger partial charge in [-0.25, -0.2) is 4.79 Å². The quantitative estimate of drug-likeness (QED) is 0.716. The lowest BCUT2D eigenvalue weighted by Gasteiger charge is -2.17. The molecular weight excluding hydrogens is 252 g/mol. The Labute approximate surface area is 121 Å². The number of nitrogens with one attached hydrogen (secondary N) is 2. The number of benzene rings is 1. The van der Waals surface area contributed by atoms with Gasteiger partial charge in [0.05, 0.1) is 6.10 Å². The average molecular weight is 278 g/mol. The minimum Gasteiger partial charge on any atom is -0.391 e. The van der Waals surface area contributed by atoms with E-state index in [4.69, 9.17) is 0 Å². The second kappa shape index (κ2) is 8.59. The molecule has 0 aromatic heterocycles. The van der Waals surface area contributed by atoms with Crippen LogP contribution in [0.2, 0.25) is 0 Å². The summed E-state index contributed by atoms with van der Waals surface area (Å²) in [5.41, 5.74) is 2.44. The van der Waals surface area contributed by atoms with Crippen LogP contribution < -0.4 is 10.6 Å². The van der Waals surface area contributed by atoms with Crippen LogP contribution >= 0.6 is 0 Å². The van der Waals surface area contributed by atoms with Crippen molar-refractivity contribution in [2.45, 2.75) is 39.7 Å². The zero-order valence-electron chi connectivity index (χ0n) is 12.6. The zero-order chi connectivity index (χ0) is 15.0. The minimum atomic E-state index is -0.484. The summed E-state index contributed by atoms with van der Waals surface area (Å²) in [6, 6.07) is 8.03. The van der Waals surface area contributed by atoms with Crippen molar-refractivity contribution in [1.82, 2.24) is 10.6 Å². The third kappa shape index (κ3) is 6.06. The molecular formula is C16H26N2O2. The van der Waals surface area contributed by atoms with Gasteiger partial charge < -0.3 is 15.7 Å². The molecule has 0 aliphatic heterocycles. The van der Waals surface area contributed by atoms with Gasteiger partial charge in [0.15, 0.2) is 0 Å². The second-order valence-electron chi connectivity index (χ2n) is 5.33. The molecule has 1 aromatic carbocycles. The highest BCUT2D eigenvalue weighted by Gasteiger charge is 2.12. The van der Waals surface area contributed by atoms with Crippen LogP contribution in [0.4, 0.5) is 4.79 Å². The summed E-state index contributed by atoms with van der Waals surface area (Å²) in [6.07, 6.45) is 1.23. The van der Waals surface area contributed by atoms with Crippen molar-refractivity contribution in [3.8, 4) is 0 Å². The van der Waals surface area contributed by atoms with Crippen LogP contribution in [0.3, 0.4) is 0 Å². The molecule has 0 bridgehead atoms. The van der Waals surface area contributed by atoms with Crippen LogP contribution in [0.15, 0.2) is 24.3 Å². The summed E-state index contributed by atoms with van der Waals surface area (Å²) in [4.78, 5) is 11.6. The predicted molar refractivity (Wildman–Crippen MR) is 81.7 cm³/mol. The van der Waals surface area contributed by atoms with Gasteiger partial charge in [0.2, 0.25) is 0 Å². The molecule has 0 heterocycles. The first kappa shape index (κ1) is 16.5. The molecule has 0 fully saturated rings. The highest BCUT2D eigenvalue weighted by molar-refractivity contribution is 5.73. The number of hydrogen-bond acceptors (Lipinski definition) is 2. The van der Waals surface area contributed by atoms with Gasteiger partial charge in [0.1, 0.15) is 0 Å². The molecule has 0 saturated carbocycles. The van der Waals surface area contributed by atoms with E-state index >= 15 is 0 Å². The van der Waals surface area contributed by atoms with Gasteiger partial charge in [-0.05, 0) is 24.8 Å². The van der Waals surface area contributed by atoms with Crippen molar-refractivity contribution >= 4 is 6.03 Å². The molecule has 2 amide bonds. The van der Waals surface area contributed by atoms with Crippen molar-refractivity contribution in [3.63, 3.8) is 0 Å². The van der Waals surface area contributed by atoms with Crippen LogP contribution in [-0.2, 0) is 6.42 Å². The lowest BCUT2D eigenvalue weighted by atomic mass is 10.0. The lowest BCUT2D eigenvalue weighted by Crippen LogP contribution is -2.42. The van der Waals surface area contributed by atoms with Crippen molar-refractivity contribution in [1.29, 1.82) is 0 Å². The predicted octanol–water partition coefficient (Wildman–Crippen LogP) is 2.24. The van der Waals surface area contributed by atoms with Crippen LogP contribution in [0.1, 0.15) is 31.4 Å². The average Bonchev–Trinajstić information content (AvgIpc) is 2.44. The molecule has 3 N–H and O–H groups in total. The SMILES string of the molecule is CCC(C)C(O)CNC(=O)NCCc1cccc(C)c1. The number of rotatable bonds is 7. The highest BCUT2D eigenvalue weighted by atomic mass is 16.3. The third-order valence-corrected chi connectivity index (χ3v) is 3.55. The topological polar surface area (TPSA) is 61.4 Å². The number of urea groups is 1. The Morgan fingerprint density at radius 1 is 1.35 bits per heavy atom. The maximum absolute atomic E-state index is 11.6. The maximum atomic E-state index is 11.6. The standard InChI is InChI=1S/C16H26N2O2/c1-4-13(3)15(19)11-18-16(20)17-9-8-14-7-5-6-12(2)10-14/h5-7,10,13,15,19H,4,8-9,11H2,1-3H3,(H2,17,18,20). The zero-order valence-corrected chi connectivity index (χ0v) is 12.6. The molecule has 0 radical (unpaired) electrons. The Hall–Kier alpha value is -1.55. The van der Waals surface area contributed by atoms with Crippen LogP contribution in [0.5, 0.6) is 0 Å². The van der Waals surface area contributed by atoms with E-state index in [1.807, 2.05) is 19.9 Å². The minimum absolute atomic E-state index is 0.197. The van der Waals surface area contributed by atoms with E-state index < -0.39 is 6.10 Å². The first-order valence-electron chi connectivity index (χ1n) is 7.28. The van der Waals surface area contributed by atoms with E-state index in [9.17, 15) is 9.90 Å². The molecule has 2 atom stereocenters. The Kier molecular flexibility index (Phi) is 7.09. The molecule has 0 aliphatic rings. The fraction of sp³-hybridized carbons (Fsp3) is 0.562. The second-order valence-corrected chi connectivity index (χ2v) is 5.33. The number of carbonyl (C=O) groups is 1. The Balaban J connectivity index is 2.20. The molecule has 0 aliphatic carbocycles. The summed E-state index contributed by atoms with van der Waals surface area (Å²) in [6.45, 7) is 6.94. The molecule has 4 nitrogen and oxygen atoms in total. The monoisotopic (exact) mass is 278 g/mol. The van der Waals surface area contributed by atoms with Crippen molar-refractivity contribution in [3.05, 3.63) is 35.4 Å². The van der Waals surface area contributed by atoms with Crippen LogP contribution in [-0.4, -0.2) is 30.3 Å². The molecule has 0 saturated heterocycles. The fourth-order valence-corrected chi connectivity index (χ4v) is 1.92. The molecule has 20 heavy (non-hydrogen) atoms. The van der Waals surface area contributed by atoms with Gasteiger partial charge in [-0.2, -0.15) is 0 Å². The molecule has 112 valence electrons. The molecule has 2 unspecified atom stereocenters. The van der Waals surface area contributed by atoms with E-state index in [0.29, 0.717) is 13.1 Å². The van der Waals surface area contributed by atoms with Gasteiger partial charge in [0.25, 0.3) is 0 Å². The molecule has 1 rings (SSSR count). The maximum Gasteiger partial charge on any atom is 0.314 e. The third-order valence-electron chi connectivity index (χ3n) is 3.55. The molecule has 1 aromatic rings. The first-order valence-corrected chi connectivity index (χ1v) is 7.28. The number of amides is 2. The summed E-state index contributed by atoms with van der Waals surface area (Å²) in [5.74, 6) is 0.197. The number of aliphatic hydroxyl groups excluding tert-OH is 1. The summed E-state index contributed by atoms with van der Waals surface area (Å²) in [7, 11) is 0. The van der Waals surface area contributed by atoms with Crippen LogP contribution in [0.25, 0.3) is 0 Å². The lowest BCUT2D eigenvalue weighted by molar-refractivity contribution is 0.114. The van der Waals surface area contributed by atoms with E-state index in [2.05, 4.69) is 35.8 Å². The number of aryl methyl sites for hydroxylation is 1.